The summed E-state index contributed by atoms with van der Waals surface area (Å²) in [4.78, 5) is 12.4. The molecule has 0 aromatic heterocycles. The Morgan fingerprint density at radius 2 is 1.68 bits per heavy atom. The van der Waals surface area contributed by atoms with Crippen molar-refractivity contribution in [3.05, 3.63) is 59.4 Å². The van der Waals surface area contributed by atoms with Crippen molar-refractivity contribution in [1.29, 1.82) is 0 Å². The summed E-state index contributed by atoms with van der Waals surface area (Å²) in [5.41, 5.74) is 0.114. The number of hydrogen-bond donors (Lipinski definition) is 2. The van der Waals surface area contributed by atoms with E-state index in [0.717, 1.165) is 0 Å². The van der Waals surface area contributed by atoms with E-state index in [1.165, 1.54) is 12.1 Å². The van der Waals surface area contributed by atoms with Crippen molar-refractivity contribution < 1.29 is 18.0 Å². The summed E-state index contributed by atoms with van der Waals surface area (Å²) in [5.74, 6) is -4.87. The molecular formula is C13H8F3NOS. The van der Waals surface area contributed by atoms with Crippen LogP contribution < -0.4 is 5.32 Å². The van der Waals surface area contributed by atoms with Crippen LogP contribution in [0.3, 0.4) is 0 Å². The molecule has 0 saturated carbocycles. The van der Waals surface area contributed by atoms with Gasteiger partial charge in [0.25, 0.3) is 5.91 Å². The number of benzene rings is 2. The summed E-state index contributed by atoms with van der Waals surface area (Å²) in [6.45, 7) is 0. The Hall–Kier alpha value is -1.95. The van der Waals surface area contributed by atoms with Gasteiger partial charge in [-0.2, -0.15) is 0 Å². The smallest absolute Gasteiger partial charge is 0.255 e. The summed E-state index contributed by atoms with van der Waals surface area (Å²) >= 11 is 4.07. The highest BCUT2D eigenvalue weighted by Crippen LogP contribution is 2.18. The van der Waals surface area contributed by atoms with Crippen molar-refractivity contribution in [2.45, 2.75) is 4.90 Å². The minimum absolute atomic E-state index is 0.161. The Kier molecular flexibility index (Phi) is 3.80. The molecule has 2 rings (SSSR count). The lowest BCUT2D eigenvalue weighted by Gasteiger charge is -2.06. The Balaban J connectivity index is 2.24. The van der Waals surface area contributed by atoms with Gasteiger partial charge < -0.3 is 5.32 Å². The van der Waals surface area contributed by atoms with Crippen LogP contribution in [0, 0.1) is 17.5 Å². The van der Waals surface area contributed by atoms with Crippen molar-refractivity contribution in [2.75, 3.05) is 5.32 Å². The number of thiol groups is 1. The van der Waals surface area contributed by atoms with Crippen LogP contribution >= 0.6 is 12.6 Å². The number of amides is 1. The fraction of sp³-hybridized carbons (Fsp3) is 0. The van der Waals surface area contributed by atoms with Crippen molar-refractivity contribution in [1.82, 2.24) is 0 Å². The van der Waals surface area contributed by atoms with E-state index in [1.807, 2.05) is 0 Å². The lowest BCUT2D eigenvalue weighted by Crippen LogP contribution is -2.12. The number of rotatable bonds is 2. The van der Waals surface area contributed by atoms with Gasteiger partial charge >= 0.3 is 0 Å². The maximum absolute atomic E-state index is 13.0. The molecule has 0 aliphatic carbocycles. The molecule has 0 saturated heterocycles. The second-order valence-corrected chi connectivity index (χ2v) is 4.27. The van der Waals surface area contributed by atoms with E-state index in [1.54, 1.807) is 12.1 Å². The van der Waals surface area contributed by atoms with Gasteiger partial charge in [0.05, 0.1) is 0 Å². The molecule has 0 radical (unpaired) electrons. The predicted octanol–water partition coefficient (Wildman–Crippen LogP) is 3.64. The predicted molar refractivity (Wildman–Crippen MR) is 68.0 cm³/mol. The number of halogens is 3. The van der Waals surface area contributed by atoms with Crippen molar-refractivity contribution in [3.8, 4) is 0 Å². The third-order valence-corrected chi connectivity index (χ3v) is 2.63. The first-order valence-corrected chi connectivity index (χ1v) is 5.67. The molecule has 19 heavy (non-hydrogen) atoms. The first-order valence-electron chi connectivity index (χ1n) is 5.22. The van der Waals surface area contributed by atoms with Gasteiger partial charge in [0.2, 0.25) is 0 Å². The van der Waals surface area contributed by atoms with Gasteiger partial charge in [-0.15, -0.1) is 12.6 Å². The molecular weight excluding hydrogens is 275 g/mol. The molecule has 0 spiro atoms. The zero-order chi connectivity index (χ0) is 14.0. The van der Waals surface area contributed by atoms with E-state index in [2.05, 4.69) is 17.9 Å². The summed E-state index contributed by atoms with van der Waals surface area (Å²) in [5, 5.41) is 2.27. The van der Waals surface area contributed by atoms with E-state index in [0.29, 0.717) is 17.0 Å². The lowest BCUT2D eigenvalue weighted by molar-refractivity contribution is 0.102. The van der Waals surface area contributed by atoms with Gasteiger partial charge in [0.1, 0.15) is 0 Å². The number of carbonyl (C=O) groups is 1. The van der Waals surface area contributed by atoms with E-state index in [-0.39, 0.29) is 11.3 Å². The third kappa shape index (κ3) is 3.08. The average molecular weight is 283 g/mol. The summed E-state index contributed by atoms with van der Waals surface area (Å²) in [7, 11) is 0. The minimum atomic E-state index is -1.57. The van der Waals surface area contributed by atoms with Crippen LogP contribution in [0.5, 0.6) is 0 Å². The van der Waals surface area contributed by atoms with Gasteiger partial charge in [-0.05, 0) is 18.2 Å². The molecule has 0 fully saturated rings. The molecule has 0 aliphatic rings. The summed E-state index contributed by atoms with van der Waals surface area (Å²) in [6.07, 6.45) is 0. The third-order valence-electron chi connectivity index (χ3n) is 2.35. The highest BCUT2D eigenvalue weighted by atomic mass is 32.1. The maximum atomic E-state index is 13.0. The molecule has 2 aromatic rings. The van der Waals surface area contributed by atoms with Gasteiger partial charge in [0, 0.05) is 28.3 Å². The highest BCUT2D eigenvalue weighted by Gasteiger charge is 2.13. The fourth-order valence-corrected chi connectivity index (χ4v) is 1.70. The number of carbonyl (C=O) groups excluding carboxylic acids is 1. The van der Waals surface area contributed by atoms with Crippen molar-refractivity contribution >= 4 is 24.2 Å². The van der Waals surface area contributed by atoms with Crippen LogP contribution in [0.4, 0.5) is 18.9 Å². The lowest BCUT2D eigenvalue weighted by atomic mass is 10.2. The van der Waals surface area contributed by atoms with Crippen LogP contribution in [0.15, 0.2) is 41.3 Å². The van der Waals surface area contributed by atoms with E-state index < -0.39 is 23.4 Å². The van der Waals surface area contributed by atoms with Crippen LogP contribution in [-0.4, -0.2) is 5.91 Å². The molecule has 1 amide bonds. The topological polar surface area (TPSA) is 29.1 Å². The maximum Gasteiger partial charge on any atom is 0.255 e. The molecule has 2 aromatic carbocycles. The molecule has 6 heteroatoms. The normalized spacial score (nSPS) is 10.3. The van der Waals surface area contributed by atoms with Crippen LogP contribution in [0.25, 0.3) is 0 Å². The monoisotopic (exact) mass is 283 g/mol. The quantitative estimate of drug-likeness (QED) is 0.639. The Bertz CT molecular complexity index is 623. The van der Waals surface area contributed by atoms with Gasteiger partial charge in [-0.3, -0.25) is 4.79 Å². The van der Waals surface area contributed by atoms with E-state index >= 15 is 0 Å². The average Bonchev–Trinajstić information content (AvgIpc) is 2.36. The van der Waals surface area contributed by atoms with Gasteiger partial charge in [-0.25, -0.2) is 13.2 Å². The first kappa shape index (κ1) is 13.5. The SMILES string of the molecule is O=C(Nc1cc(F)c(F)c(F)c1)c1cccc(S)c1. The Morgan fingerprint density at radius 3 is 2.26 bits per heavy atom. The van der Waals surface area contributed by atoms with Crippen molar-refractivity contribution in [2.24, 2.45) is 0 Å². The van der Waals surface area contributed by atoms with Crippen LogP contribution in [0.2, 0.25) is 0 Å². The van der Waals surface area contributed by atoms with Crippen molar-refractivity contribution in [3.63, 3.8) is 0 Å². The molecule has 0 aliphatic heterocycles. The molecule has 1 N–H and O–H groups in total. The number of anilines is 1. The first-order chi connectivity index (χ1) is 8.97. The Morgan fingerprint density at radius 1 is 1.05 bits per heavy atom. The Labute approximate surface area is 112 Å². The zero-order valence-corrected chi connectivity index (χ0v) is 10.3. The molecule has 0 heterocycles. The number of nitrogens with one attached hydrogen (secondary N) is 1. The summed E-state index contributed by atoms with van der Waals surface area (Å²) < 4.78 is 38.7. The van der Waals surface area contributed by atoms with E-state index in [4.69, 9.17) is 0 Å². The summed E-state index contributed by atoms with van der Waals surface area (Å²) in [6, 6.07) is 7.72. The fourth-order valence-electron chi connectivity index (χ4n) is 1.48. The second-order valence-electron chi connectivity index (χ2n) is 3.76. The molecule has 0 unspecified atom stereocenters. The molecule has 98 valence electrons. The van der Waals surface area contributed by atoms with Crippen LogP contribution in [-0.2, 0) is 0 Å². The van der Waals surface area contributed by atoms with Gasteiger partial charge in [-0.1, -0.05) is 6.07 Å². The molecule has 0 bridgehead atoms. The van der Waals surface area contributed by atoms with E-state index in [9.17, 15) is 18.0 Å². The minimum Gasteiger partial charge on any atom is -0.322 e. The molecule has 0 atom stereocenters. The van der Waals surface area contributed by atoms with Crippen LogP contribution in [0.1, 0.15) is 10.4 Å². The van der Waals surface area contributed by atoms with Gasteiger partial charge in [0.15, 0.2) is 17.5 Å². The number of hydrogen-bond acceptors (Lipinski definition) is 2. The molecule has 2 nitrogen and oxygen atoms in total. The highest BCUT2D eigenvalue weighted by molar-refractivity contribution is 7.80. The standard InChI is InChI=1S/C13H8F3NOS/c14-10-5-8(6-11(15)12(10)16)17-13(18)7-2-1-3-9(19)4-7/h1-6,19H,(H,17,18). The zero-order valence-electron chi connectivity index (χ0n) is 9.45. The second kappa shape index (κ2) is 5.36. The largest absolute Gasteiger partial charge is 0.322 e.